The molecule has 0 aliphatic rings. The molecule has 1 aromatic heterocycles. The number of amides is 1. The third kappa shape index (κ3) is 3.62. The molecule has 20 heavy (non-hydrogen) atoms. The summed E-state index contributed by atoms with van der Waals surface area (Å²) in [6.45, 7) is 1.66. The van der Waals surface area contributed by atoms with Crippen molar-refractivity contribution in [2.75, 3.05) is 6.54 Å². The minimum Gasteiger partial charge on any atom is -0.466 e. The Labute approximate surface area is 122 Å². The second kappa shape index (κ2) is 6.11. The van der Waals surface area contributed by atoms with E-state index in [0.717, 1.165) is 5.56 Å². The van der Waals surface area contributed by atoms with E-state index in [1.807, 2.05) is 12.1 Å². The summed E-state index contributed by atoms with van der Waals surface area (Å²) in [5.41, 5.74) is -0.482. The van der Waals surface area contributed by atoms with Gasteiger partial charge in [-0.25, -0.2) is 0 Å². The maximum atomic E-state index is 11.9. The van der Waals surface area contributed by atoms with Crippen molar-refractivity contribution < 1.29 is 14.3 Å². The first-order chi connectivity index (χ1) is 9.49. The number of carbonyl (C=O) groups excluding carboxylic acids is 1. The number of carbonyl (C=O) groups is 1. The first-order valence-corrected chi connectivity index (χ1v) is 6.63. The van der Waals surface area contributed by atoms with E-state index >= 15 is 0 Å². The minimum absolute atomic E-state index is 0.0732. The van der Waals surface area contributed by atoms with Crippen LogP contribution in [-0.2, 0) is 16.8 Å². The van der Waals surface area contributed by atoms with Gasteiger partial charge in [0.15, 0.2) is 0 Å². The third-order valence-corrected chi connectivity index (χ3v) is 3.36. The van der Waals surface area contributed by atoms with Crippen molar-refractivity contribution in [3.05, 3.63) is 59.0 Å². The van der Waals surface area contributed by atoms with Crippen LogP contribution in [0.3, 0.4) is 0 Å². The molecular weight excluding hydrogens is 278 g/mol. The van der Waals surface area contributed by atoms with E-state index < -0.39 is 5.60 Å². The lowest BCUT2D eigenvalue weighted by Crippen LogP contribution is -2.39. The van der Waals surface area contributed by atoms with Gasteiger partial charge in [0.1, 0.15) is 11.4 Å². The van der Waals surface area contributed by atoms with E-state index in [0.29, 0.717) is 10.8 Å². The lowest BCUT2D eigenvalue weighted by atomic mass is 10.0. The molecule has 0 aliphatic carbocycles. The van der Waals surface area contributed by atoms with Crippen molar-refractivity contribution in [3.8, 4) is 0 Å². The molecule has 0 aliphatic heterocycles. The average Bonchev–Trinajstić information content (AvgIpc) is 2.94. The highest BCUT2D eigenvalue weighted by atomic mass is 35.5. The van der Waals surface area contributed by atoms with Gasteiger partial charge in [0.2, 0.25) is 5.91 Å². The molecule has 1 aromatic carbocycles. The van der Waals surface area contributed by atoms with Crippen molar-refractivity contribution in [3.63, 3.8) is 0 Å². The third-order valence-electron chi connectivity index (χ3n) is 2.99. The number of rotatable bonds is 5. The first kappa shape index (κ1) is 14.6. The molecule has 0 fully saturated rings. The summed E-state index contributed by atoms with van der Waals surface area (Å²) < 4.78 is 5.15. The van der Waals surface area contributed by atoms with Crippen LogP contribution in [0.25, 0.3) is 0 Å². The molecule has 0 spiro atoms. The van der Waals surface area contributed by atoms with Gasteiger partial charge in [0.05, 0.1) is 19.2 Å². The van der Waals surface area contributed by atoms with Crippen molar-refractivity contribution in [2.45, 2.75) is 18.9 Å². The lowest BCUT2D eigenvalue weighted by Gasteiger charge is -2.21. The number of nitrogens with one attached hydrogen (secondary N) is 1. The molecular formula is C15H16ClNO3. The molecule has 1 atom stereocenters. The molecule has 0 unspecified atom stereocenters. The minimum atomic E-state index is -1.24. The summed E-state index contributed by atoms with van der Waals surface area (Å²) in [6.07, 6.45) is 1.66. The maximum absolute atomic E-state index is 11.9. The van der Waals surface area contributed by atoms with Crippen LogP contribution >= 0.6 is 11.6 Å². The van der Waals surface area contributed by atoms with Crippen LogP contribution in [0, 0.1) is 0 Å². The molecule has 1 heterocycles. The van der Waals surface area contributed by atoms with Gasteiger partial charge >= 0.3 is 0 Å². The largest absolute Gasteiger partial charge is 0.466 e. The SMILES string of the molecule is C[C@](O)(CNC(=O)Cc1ccccc1Cl)c1ccco1. The summed E-state index contributed by atoms with van der Waals surface area (Å²) in [5.74, 6) is 0.209. The Balaban J connectivity index is 1.91. The molecule has 2 aromatic rings. The fourth-order valence-corrected chi connectivity index (χ4v) is 2.02. The van der Waals surface area contributed by atoms with Crippen molar-refractivity contribution in [2.24, 2.45) is 0 Å². The number of hydrogen-bond acceptors (Lipinski definition) is 3. The Morgan fingerprint density at radius 3 is 2.75 bits per heavy atom. The van der Waals surface area contributed by atoms with E-state index in [9.17, 15) is 9.90 Å². The molecule has 4 nitrogen and oxygen atoms in total. The zero-order valence-electron chi connectivity index (χ0n) is 11.1. The van der Waals surface area contributed by atoms with Crippen LogP contribution in [0.4, 0.5) is 0 Å². The van der Waals surface area contributed by atoms with Crippen LogP contribution in [0.5, 0.6) is 0 Å². The summed E-state index contributed by atoms with van der Waals surface area (Å²) in [5, 5.41) is 13.4. The van der Waals surface area contributed by atoms with Crippen LogP contribution in [-0.4, -0.2) is 17.6 Å². The van der Waals surface area contributed by atoms with Crippen molar-refractivity contribution in [1.82, 2.24) is 5.32 Å². The highest BCUT2D eigenvalue weighted by molar-refractivity contribution is 6.31. The summed E-state index contributed by atoms with van der Waals surface area (Å²) in [7, 11) is 0. The Morgan fingerprint density at radius 1 is 1.35 bits per heavy atom. The molecule has 2 rings (SSSR count). The van der Waals surface area contributed by atoms with Crippen LogP contribution in [0.15, 0.2) is 47.1 Å². The lowest BCUT2D eigenvalue weighted by molar-refractivity contribution is -0.121. The highest BCUT2D eigenvalue weighted by Gasteiger charge is 2.26. The Morgan fingerprint density at radius 2 is 2.10 bits per heavy atom. The quantitative estimate of drug-likeness (QED) is 0.890. The molecule has 106 valence electrons. The van der Waals surface area contributed by atoms with Gasteiger partial charge in [-0.3, -0.25) is 4.79 Å². The van der Waals surface area contributed by atoms with E-state index in [1.54, 1.807) is 31.2 Å². The van der Waals surface area contributed by atoms with Crippen LogP contribution in [0.2, 0.25) is 5.02 Å². The average molecular weight is 294 g/mol. The molecule has 5 heteroatoms. The van der Waals surface area contributed by atoms with E-state index in [-0.39, 0.29) is 18.9 Å². The van der Waals surface area contributed by atoms with Gasteiger partial charge < -0.3 is 14.8 Å². The number of furan rings is 1. The number of halogens is 1. The zero-order valence-corrected chi connectivity index (χ0v) is 11.9. The summed E-state index contributed by atoms with van der Waals surface area (Å²) in [4.78, 5) is 11.9. The highest BCUT2D eigenvalue weighted by Crippen LogP contribution is 2.20. The first-order valence-electron chi connectivity index (χ1n) is 6.25. The van der Waals surface area contributed by atoms with E-state index in [2.05, 4.69) is 5.32 Å². The molecule has 0 bridgehead atoms. The van der Waals surface area contributed by atoms with Gasteiger partial charge in [-0.2, -0.15) is 0 Å². The van der Waals surface area contributed by atoms with Gasteiger partial charge in [-0.15, -0.1) is 0 Å². The predicted octanol–water partition coefficient (Wildman–Crippen LogP) is 2.50. The van der Waals surface area contributed by atoms with Gasteiger partial charge in [-0.1, -0.05) is 29.8 Å². The van der Waals surface area contributed by atoms with Crippen LogP contribution < -0.4 is 5.32 Å². The van der Waals surface area contributed by atoms with E-state index in [1.165, 1.54) is 6.26 Å². The number of hydrogen-bond donors (Lipinski definition) is 2. The van der Waals surface area contributed by atoms with Crippen molar-refractivity contribution in [1.29, 1.82) is 0 Å². The predicted molar refractivity (Wildman–Crippen MR) is 76.4 cm³/mol. The Kier molecular flexibility index (Phi) is 4.47. The van der Waals surface area contributed by atoms with Crippen LogP contribution in [0.1, 0.15) is 18.2 Å². The fraction of sp³-hybridized carbons (Fsp3) is 0.267. The second-order valence-electron chi connectivity index (χ2n) is 4.80. The Bertz CT molecular complexity index is 579. The molecule has 2 N–H and O–H groups in total. The normalized spacial score (nSPS) is 13.8. The second-order valence-corrected chi connectivity index (χ2v) is 5.20. The maximum Gasteiger partial charge on any atom is 0.224 e. The zero-order chi connectivity index (χ0) is 14.6. The van der Waals surface area contributed by atoms with E-state index in [4.69, 9.17) is 16.0 Å². The summed E-state index contributed by atoms with van der Waals surface area (Å²) >= 11 is 6.00. The van der Waals surface area contributed by atoms with Gasteiger partial charge in [0, 0.05) is 5.02 Å². The standard InChI is InChI=1S/C15H16ClNO3/c1-15(19,13-7-4-8-20-13)10-17-14(18)9-11-5-2-3-6-12(11)16/h2-8,19H,9-10H2,1H3,(H,17,18)/t15-/m0/s1. The molecule has 0 saturated heterocycles. The topological polar surface area (TPSA) is 62.5 Å². The molecule has 0 saturated carbocycles. The fourth-order valence-electron chi connectivity index (χ4n) is 1.82. The Hall–Kier alpha value is -1.78. The van der Waals surface area contributed by atoms with Crippen molar-refractivity contribution >= 4 is 17.5 Å². The monoisotopic (exact) mass is 293 g/mol. The smallest absolute Gasteiger partial charge is 0.224 e. The molecule has 1 amide bonds. The molecule has 0 radical (unpaired) electrons. The number of benzene rings is 1. The summed E-state index contributed by atoms with van der Waals surface area (Å²) in [6, 6.07) is 10.5. The number of aliphatic hydroxyl groups is 1. The van der Waals surface area contributed by atoms with Gasteiger partial charge in [0.25, 0.3) is 0 Å². The van der Waals surface area contributed by atoms with Gasteiger partial charge in [-0.05, 0) is 30.7 Å².